The Balaban J connectivity index is 1.65. The molecule has 0 bridgehead atoms. The Kier molecular flexibility index (Phi) is 8.72. The van der Waals surface area contributed by atoms with E-state index in [9.17, 15) is 9.59 Å². The summed E-state index contributed by atoms with van der Waals surface area (Å²) in [5.41, 5.74) is 4.41. The van der Waals surface area contributed by atoms with Crippen LogP contribution in [0.1, 0.15) is 42.1 Å². The van der Waals surface area contributed by atoms with Crippen LogP contribution in [0.5, 0.6) is 5.75 Å². The first-order chi connectivity index (χ1) is 19.3. The predicted molar refractivity (Wildman–Crippen MR) is 169 cm³/mol. The predicted octanol–water partition coefficient (Wildman–Crippen LogP) is 6.05. The number of rotatable bonds is 7. The van der Waals surface area contributed by atoms with Crippen molar-refractivity contribution in [3.63, 3.8) is 0 Å². The van der Waals surface area contributed by atoms with Crippen molar-refractivity contribution in [1.29, 1.82) is 0 Å². The lowest BCUT2D eigenvalue weighted by atomic mass is 9.95. The highest BCUT2D eigenvalue weighted by Crippen LogP contribution is 2.32. The molecule has 1 aliphatic rings. The first-order valence-corrected chi connectivity index (χ1v) is 15.4. The topological polar surface area (TPSA) is 69.9 Å². The van der Waals surface area contributed by atoms with Crippen LogP contribution in [0.3, 0.4) is 0 Å². The Labute approximate surface area is 258 Å². The van der Waals surface area contributed by atoms with Crippen LogP contribution in [0.4, 0.5) is 0 Å². The summed E-state index contributed by atoms with van der Waals surface area (Å²) in [7, 11) is 0. The highest BCUT2D eigenvalue weighted by atomic mass is 127. The van der Waals surface area contributed by atoms with Gasteiger partial charge >= 0.3 is 5.97 Å². The van der Waals surface area contributed by atoms with Gasteiger partial charge in [-0.2, -0.15) is 0 Å². The molecule has 4 aromatic rings. The van der Waals surface area contributed by atoms with E-state index in [-0.39, 0.29) is 12.2 Å². The van der Waals surface area contributed by atoms with Crippen molar-refractivity contribution >= 4 is 61.9 Å². The van der Waals surface area contributed by atoms with Crippen molar-refractivity contribution < 1.29 is 14.3 Å². The minimum atomic E-state index is -0.644. The smallest absolute Gasteiger partial charge is 0.338 e. The number of aromatic nitrogens is 1. The monoisotopic (exact) mass is 728 g/mol. The van der Waals surface area contributed by atoms with Gasteiger partial charge in [-0.1, -0.05) is 87.4 Å². The number of fused-ring (bicyclic) bond motifs is 1. The summed E-state index contributed by atoms with van der Waals surface area (Å²) in [5, 5.41) is 0. The van der Waals surface area contributed by atoms with E-state index in [2.05, 4.69) is 43.5 Å². The molecule has 0 fully saturated rings. The number of benzene rings is 3. The van der Waals surface area contributed by atoms with Crippen LogP contribution < -0.4 is 19.6 Å². The van der Waals surface area contributed by atoms with Gasteiger partial charge in [-0.25, -0.2) is 9.79 Å². The quantitative estimate of drug-likeness (QED) is 0.172. The molecule has 6 nitrogen and oxygen atoms in total. The number of thiazole rings is 1. The largest absolute Gasteiger partial charge is 0.487 e. The lowest BCUT2D eigenvalue weighted by Gasteiger charge is -2.24. The van der Waals surface area contributed by atoms with Crippen LogP contribution in [-0.4, -0.2) is 17.1 Å². The molecule has 204 valence electrons. The molecule has 1 aromatic heterocycles. The summed E-state index contributed by atoms with van der Waals surface area (Å²) in [5.74, 6) is 0.221. The molecule has 1 atom stereocenters. The molecule has 0 amide bonds. The van der Waals surface area contributed by atoms with Gasteiger partial charge in [0, 0.05) is 10.0 Å². The van der Waals surface area contributed by atoms with Crippen molar-refractivity contribution in [1.82, 2.24) is 4.57 Å². The summed E-state index contributed by atoms with van der Waals surface area (Å²) in [4.78, 5) is 32.3. The fraction of sp³-hybridized carbons (Fsp3) is 0.194. The van der Waals surface area contributed by atoms with E-state index < -0.39 is 12.0 Å². The average Bonchev–Trinajstić information content (AvgIpc) is 3.22. The highest BCUT2D eigenvalue weighted by molar-refractivity contribution is 14.1. The summed E-state index contributed by atoms with van der Waals surface area (Å²) in [6.45, 7) is 6.18. The Morgan fingerprint density at radius 3 is 2.55 bits per heavy atom. The van der Waals surface area contributed by atoms with Crippen LogP contribution in [-0.2, 0) is 16.1 Å². The van der Waals surface area contributed by atoms with E-state index in [0.717, 1.165) is 30.3 Å². The third-order valence-corrected chi connectivity index (χ3v) is 8.70. The minimum absolute atomic E-state index is 0.229. The van der Waals surface area contributed by atoms with E-state index in [1.807, 2.05) is 79.7 Å². The van der Waals surface area contributed by atoms with Gasteiger partial charge in [-0.15, -0.1) is 0 Å². The molecule has 2 heterocycles. The summed E-state index contributed by atoms with van der Waals surface area (Å²) >= 11 is 7.12. The van der Waals surface area contributed by atoms with E-state index in [0.29, 0.717) is 33.0 Å². The molecular weight excluding hydrogens is 703 g/mol. The molecule has 0 saturated heterocycles. The van der Waals surface area contributed by atoms with Crippen molar-refractivity contribution in [3.8, 4) is 5.75 Å². The van der Waals surface area contributed by atoms with Gasteiger partial charge in [-0.05, 0) is 72.7 Å². The van der Waals surface area contributed by atoms with Gasteiger partial charge < -0.3 is 9.47 Å². The zero-order chi connectivity index (χ0) is 28.4. The number of allylic oxidation sites excluding steroid dienone is 1. The lowest BCUT2D eigenvalue weighted by molar-refractivity contribution is -0.139. The molecule has 0 radical (unpaired) electrons. The van der Waals surface area contributed by atoms with Crippen LogP contribution in [0.15, 0.2) is 92.3 Å². The normalized spacial score (nSPS) is 15.0. The zero-order valence-corrected chi connectivity index (χ0v) is 26.7. The van der Waals surface area contributed by atoms with Crippen LogP contribution in [0.2, 0.25) is 0 Å². The van der Waals surface area contributed by atoms with E-state index in [1.165, 1.54) is 11.3 Å². The number of halogens is 2. The molecule has 40 heavy (non-hydrogen) atoms. The Hall–Kier alpha value is -3.02. The molecule has 0 saturated carbocycles. The Morgan fingerprint density at radius 2 is 1.85 bits per heavy atom. The number of hydrogen-bond acceptors (Lipinski definition) is 6. The van der Waals surface area contributed by atoms with Crippen molar-refractivity contribution in [3.05, 3.63) is 128 Å². The van der Waals surface area contributed by atoms with Gasteiger partial charge in [0.1, 0.15) is 12.4 Å². The number of aryl methyl sites for hydroxylation is 1. The SMILES string of the molecule is CCOC(=O)C1=C(C)N=c2s/c(=C\c3cc(Br)cc(I)c3OCc3ccccc3)c(=O)n2[C@H]1c1ccc(C)cc1. The lowest BCUT2D eigenvalue weighted by Crippen LogP contribution is -2.39. The maximum absolute atomic E-state index is 14.0. The standard InChI is InChI=1S/C31H26BrIN2O4S/c1-4-38-30(37)26-19(3)34-31-35(27(26)21-12-10-18(2)11-13-21)29(36)25(40-31)15-22-14-23(32)16-24(33)28(22)39-17-20-8-6-5-7-9-20/h5-16,27H,4,17H2,1-3H3/b25-15-/t27-/m0/s1. The van der Waals surface area contributed by atoms with E-state index >= 15 is 0 Å². The van der Waals surface area contributed by atoms with Crippen LogP contribution in [0.25, 0.3) is 6.08 Å². The number of ether oxygens (including phenoxy) is 2. The molecular formula is C31H26BrIN2O4S. The number of esters is 1. The van der Waals surface area contributed by atoms with Gasteiger partial charge in [0.2, 0.25) is 0 Å². The fourth-order valence-corrected chi connectivity index (χ4v) is 7.31. The summed E-state index contributed by atoms with van der Waals surface area (Å²) in [6.07, 6.45) is 1.84. The minimum Gasteiger partial charge on any atom is -0.487 e. The molecule has 0 aliphatic carbocycles. The van der Waals surface area contributed by atoms with E-state index in [4.69, 9.17) is 9.47 Å². The van der Waals surface area contributed by atoms with E-state index in [1.54, 1.807) is 18.4 Å². The second-order valence-corrected chi connectivity index (χ2v) is 12.4. The second-order valence-electron chi connectivity index (χ2n) is 9.29. The molecule has 0 spiro atoms. The highest BCUT2D eigenvalue weighted by Gasteiger charge is 2.33. The maximum atomic E-state index is 14.0. The average molecular weight is 729 g/mol. The van der Waals surface area contributed by atoms with Crippen LogP contribution in [0, 0.1) is 10.5 Å². The van der Waals surface area contributed by atoms with Crippen molar-refractivity contribution in [2.24, 2.45) is 4.99 Å². The number of carbonyl (C=O) groups is 1. The number of nitrogens with zero attached hydrogens (tertiary/aromatic N) is 2. The second kappa shape index (κ2) is 12.2. The number of carbonyl (C=O) groups excluding carboxylic acids is 1. The first-order valence-electron chi connectivity index (χ1n) is 12.7. The zero-order valence-electron chi connectivity index (χ0n) is 22.1. The first kappa shape index (κ1) is 28.5. The Morgan fingerprint density at radius 1 is 1.12 bits per heavy atom. The molecule has 3 aromatic carbocycles. The van der Waals surface area contributed by atoms with Gasteiger partial charge in [-0.3, -0.25) is 9.36 Å². The molecule has 0 unspecified atom stereocenters. The van der Waals surface area contributed by atoms with Gasteiger partial charge in [0.15, 0.2) is 4.80 Å². The molecule has 0 N–H and O–H groups in total. The molecule has 5 rings (SSSR count). The molecule has 1 aliphatic heterocycles. The third-order valence-electron chi connectivity index (χ3n) is 6.46. The maximum Gasteiger partial charge on any atom is 0.338 e. The molecule has 9 heteroatoms. The van der Waals surface area contributed by atoms with Gasteiger partial charge in [0.05, 0.1) is 32.0 Å². The number of hydrogen-bond donors (Lipinski definition) is 0. The Bertz CT molecular complexity index is 1790. The summed E-state index contributed by atoms with van der Waals surface area (Å²) < 4.78 is 15.5. The third kappa shape index (κ3) is 5.87. The fourth-order valence-electron chi connectivity index (χ4n) is 4.57. The van der Waals surface area contributed by atoms with Crippen LogP contribution >= 0.6 is 49.9 Å². The van der Waals surface area contributed by atoms with Crippen molar-refractivity contribution in [2.75, 3.05) is 6.61 Å². The van der Waals surface area contributed by atoms with Gasteiger partial charge in [0.25, 0.3) is 5.56 Å². The summed E-state index contributed by atoms with van der Waals surface area (Å²) in [6, 6.07) is 21.1. The van der Waals surface area contributed by atoms with Crippen molar-refractivity contribution in [2.45, 2.75) is 33.4 Å².